The lowest BCUT2D eigenvalue weighted by Crippen LogP contribution is -2.14. The van der Waals surface area contributed by atoms with Crippen molar-refractivity contribution in [3.05, 3.63) is 89.8 Å². The number of pyridine rings is 1. The molecule has 2 aromatic carbocycles. The fraction of sp³-hybridized carbons (Fsp3) is 0.0476. The average Bonchev–Trinajstić information content (AvgIpc) is 3.10. The van der Waals surface area contributed by atoms with Crippen molar-refractivity contribution < 1.29 is 13.6 Å². The lowest BCUT2D eigenvalue weighted by atomic mass is 10.1. The van der Waals surface area contributed by atoms with Crippen LogP contribution >= 0.6 is 0 Å². The maximum Gasteiger partial charge on any atom is 0.258 e. The van der Waals surface area contributed by atoms with Crippen molar-refractivity contribution in [3.63, 3.8) is 0 Å². The monoisotopic (exact) mass is 363 g/mol. The van der Waals surface area contributed by atoms with Gasteiger partial charge in [-0.05, 0) is 42.8 Å². The zero-order chi connectivity index (χ0) is 19.0. The van der Waals surface area contributed by atoms with Crippen molar-refractivity contribution in [2.45, 2.75) is 6.92 Å². The summed E-state index contributed by atoms with van der Waals surface area (Å²) in [5, 5.41) is 2.57. The van der Waals surface area contributed by atoms with E-state index in [0.717, 1.165) is 28.5 Å². The van der Waals surface area contributed by atoms with Gasteiger partial charge in [0.1, 0.15) is 5.65 Å². The van der Waals surface area contributed by atoms with Crippen LogP contribution in [0.25, 0.3) is 16.9 Å². The summed E-state index contributed by atoms with van der Waals surface area (Å²) in [6, 6.07) is 14.5. The summed E-state index contributed by atoms with van der Waals surface area (Å²) in [4.78, 5) is 16.8. The Balaban J connectivity index is 1.57. The number of amides is 1. The van der Waals surface area contributed by atoms with Crippen LogP contribution in [0, 0.1) is 18.6 Å². The molecular weight excluding hydrogens is 348 g/mol. The molecule has 134 valence electrons. The van der Waals surface area contributed by atoms with E-state index in [1.807, 2.05) is 48.0 Å². The van der Waals surface area contributed by atoms with E-state index in [0.29, 0.717) is 5.69 Å². The molecule has 0 radical (unpaired) electrons. The van der Waals surface area contributed by atoms with Gasteiger partial charge in [-0.1, -0.05) is 24.3 Å². The Morgan fingerprint density at radius 1 is 1.04 bits per heavy atom. The average molecular weight is 363 g/mol. The lowest BCUT2D eigenvalue weighted by Gasteiger charge is -2.07. The molecule has 4 nitrogen and oxygen atoms in total. The Hall–Kier alpha value is -3.54. The van der Waals surface area contributed by atoms with Crippen LogP contribution in [-0.4, -0.2) is 15.3 Å². The highest BCUT2D eigenvalue weighted by Gasteiger charge is 2.15. The summed E-state index contributed by atoms with van der Waals surface area (Å²) >= 11 is 0. The highest BCUT2D eigenvalue weighted by molar-refractivity contribution is 6.04. The zero-order valence-electron chi connectivity index (χ0n) is 14.4. The predicted octanol–water partition coefficient (Wildman–Crippen LogP) is 4.84. The number of carbonyl (C=O) groups is 1. The predicted molar refractivity (Wildman–Crippen MR) is 99.7 cm³/mol. The summed E-state index contributed by atoms with van der Waals surface area (Å²) < 4.78 is 29.0. The summed E-state index contributed by atoms with van der Waals surface area (Å²) in [6.45, 7) is 2.00. The minimum absolute atomic E-state index is 0.338. The molecule has 1 amide bonds. The van der Waals surface area contributed by atoms with Gasteiger partial charge < -0.3 is 9.72 Å². The number of aromatic nitrogens is 2. The highest BCUT2D eigenvalue weighted by atomic mass is 19.2. The van der Waals surface area contributed by atoms with E-state index in [1.54, 1.807) is 12.1 Å². The van der Waals surface area contributed by atoms with Crippen molar-refractivity contribution in [1.29, 1.82) is 0 Å². The van der Waals surface area contributed by atoms with Crippen molar-refractivity contribution in [2.24, 2.45) is 0 Å². The fourth-order valence-electron chi connectivity index (χ4n) is 2.89. The number of fused-ring (bicyclic) bond motifs is 1. The molecule has 2 heterocycles. The standard InChI is InChI=1S/C21H15F2N3O/c1-13-4-3-11-26-12-18(25-20(13)26)14-7-9-15(10-8-14)24-21(27)16-5-2-6-17(22)19(16)23/h2-12H,1H3,(H,24,27). The summed E-state index contributed by atoms with van der Waals surface area (Å²) in [5.74, 6) is -2.92. The quantitative estimate of drug-likeness (QED) is 0.566. The van der Waals surface area contributed by atoms with Crippen molar-refractivity contribution in [1.82, 2.24) is 9.38 Å². The second-order valence-electron chi connectivity index (χ2n) is 6.18. The van der Waals surface area contributed by atoms with Gasteiger partial charge in [0, 0.05) is 23.6 Å². The van der Waals surface area contributed by atoms with E-state index in [1.165, 1.54) is 12.1 Å². The number of imidazole rings is 1. The number of aryl methyl sites for hydroxylation is 1. The molecule has 0 unspecified atom stereocenters. The molecule has 4 rings (SSSR count). The molecule has 1 N–H and O–H groups in total. The Kier molecular flexibility index (Phi) is 4.16. The molecule has 2 aromatic heterocycles. The normalized spacial score (nSPS) is 10.9. The second kappa shape index (κ2) is 6.64. The van der Waals surface area contributed by atoms with Gasteiger partial charge in [0.15, 0.2) is 11.6 Å². The molecule has 0 aliphatic rings. The van der Waals surface area contributed by atoms with Gasteiger partial charge in [-0.15, -0.1) is 0 Å². The smallest absolute Gasteiger partial charge is 0.258 e. The van der Waals surface area contributed by atoms with Crippen LogP contribution < -0.4 is 5.32 Å². The summed E-state index contributed by atoms with van der Waals surface area (Å²) in [5.41, 5.74) is 3.78. The maximum absolute atomic E-state index is 13.7. The van der Waals surface area contributed by atoms with Gasteiger partial charge in [0.05, 0.1) is 11.3 Å². The minimum Gasteiger partial charge on any atom is -0.322 e. The van der Waals surface area contributed by atoms with Crippen LogP contribution in [-0.2, 0) is 0 Å². The lowest BCUT2D eigenvalue weighted by molar-refractivity contribution is 0.102. The number of anilines is 1. The third kappa shape index (κ3) is 3.17. The van der Waals surface area contributed by atoms with Gasteiger partial charge in [-0.2, -0.15) is 0 Å². The van der Waals surface area contributed by atoms with Crippen molar-refractivity contribution in [2.75, 3.05) is 5.32 Å². The number of carbonyl (C=O) groups excluding carboxylic acids is 1. The first-order valence-electron chi connectivity index (χ1n) is 8.33. The number of hydrogen-bond acceptors (Lipinski definition) is 2. The van der Waals surface area contributed by atoms with Crippen LogP contribution in [0.4, 0.5) is 14.5 Å². The number of nitrogens with one attached hydrogen (secondary N) is 1. The van der Waals surface area contributed by atoms with Gasteiger partial charge in [-0.25, -0.2) is 13.8 Å². The molecule has 6 heteroatoms. The number of rotatable bonds is 3. The van der Waals surface area contributed by atoms with E-state index in [2.05, 4.69) is 10.3 Å². The second-order valence-corrected chi connectivity index (χ2v) is 6.18. The number of hydrogen-bond donors (Lipinski definition) is 1. The molecule has 0 atom stereocenters. The van der Waals surface area contributed by atoms with E-state index < -0.39 is 17.5 Å². The van der Waals surface area contributed by atoms with E-state index in [-0.39, 0.29) is 5.56 Å². The highest BCUT2D eigenvalue weighted by Crippen LogP contribution is 2.23. The van der Waals surface area contributed by atoms with Gasteiger partial charge in [0.25, 0.3) is 5.91 Å². The Morgan fingerprint density at radius 3 is 2.56 bits per heavy atom. The first kappa shape index (κ1) is 16.9. The Labute approximate surface area is 154 Å². The molecule has 0 fully saturated rings. The third-order valence-electron chi connectivity index (χ3n) is 4.31. The number of nitrogens with zero attached hydrogens (tertiary/aromatic N) is 2. The molecular formula is C21H15F2N3O. The van der Waals surface area contributed by atoms with Crippen molar-refractivity contribution in [3.8, 4) is 11.3 Å². The van der Waals surface area contributed by atoms with Gasteiger partial charge in [-0.3, -0.25) is 4.79 Å². The molecule has 0 aliphatic carbocycles. The summed E-state index contributed by atoms with van der Waals surface area (Å²) in [7, 11) is 0. The van der Waals surface area contributed by atoms with Crippen molar-refractivity contribution >= 4 is 17.2 Å². The number of benzene rings is 2. The molecule has 27 heavy (non-hydrogen) atoms. The van der Waals surface area contributed by atoms with Crippen LogP contribution in [0.1, 0.15) is 15.9 Å². The van der Waals surface area contributed by atoms with Crippen LogP contribution in [0.2, 0.25) is 0 Å². The molecule has 4 aromatic rings. The SMILES string of the molecule is Cc1cccn2cc(-c3ccc(NC(=O)c4cccc(F)c4F)cc3)nc12. The molecule has 0 spiro atoms. The number of halogens is 2. The first-order chi connectivity index (χ1) is 13.0. The van der Waals surface area contributed by atoms with Crippen LogP contribution in [0.5, 0.6) is 0 Å². The van der Waals surface area contributed by atoms with Gasteiger partial charge >= 0.3 is 0 Å². The Bertz CT molecular complexity index is 1150. The van der Waals surface area contributed by atoms with Gasteiger partial charge in [0.2, 0.25) is 0 Å². The van der Waals surface area contributed by atoms with Crippen LogP contribution in [0.3, 0.4) is 0 Å². The third-order valence-corrected chi connectivity index (χ3v) is 4.31. The maximum atomic E-state index is 13.7. The minimum atomic E-state index is -1.16. The molecule has 0 saturated heterocycles. The zero-order valence-corrected chi connectivity index (χ0v) is 14.4. The molecule has 0 aliphatic heterocycles. The Morgan fingerprint density at radius 2 is 1.81 bits per heavy atom. The molecule has 0 bridgehead atoms. The topological polar surface area (TPSA) is 46.4 Å². The molecule has 0 saturated carbocycles. The first-order valence-corrected chi connectivity index (χ1v) is 8.33. The van der Waals surface area contributed by atoms with E-state index in [9.17, 15) is 13.6 Å². The van der Waals surface area contributed by atoms with E-state index in [4.69, 9.17) is 0 Å². The largest absolute Gasteiger partial charge is 0.322 e. The van der Waals surface area contributed by atoms with E-state index >= 15 is 0 Å². The van der Waals surface area contributed by atoms with Crippen LogP contribution in [0.15, 0.2) is 67.0 Å². The fourth-order valence-corrected chi connectivity index (χ4v) is 2.89. The summed E-state index contributed by atoms with van der Waals surface area (Å²) in [6.07, 6.45) is 3.86.